The van der Waals surface area contributed by atoms with E-state index in [-0.39, 0.29) is 5.54 Å². The summed E-state index contributed by atoms with van der Waals surface area (Å²) in [4.78, 5) is 2.47. The van der Waals surface area contributed by atoms with Gasteiger partial charge in [-0.2, -0.15) is 0 Å². The first-order valence-corrected chi connectivity index (χ1v) is 6.63. The van der Waals surface area contributed by atoms with E-state index in [4.69, 9.17) is 10.5 Å². The molecule has 0 amide bonds. The molecule has 0 radical (unpaired) electrons. The Labute approximate surface area is 100 Å². The van der Waals surface area contributed by atoms with E-state index in [1.165, 1.54) is 25.7 Å². The molecule has 1 saturated carbocycles. The van der Waals surface area contributed by atoms with Crippen molar-refractivity contribution in [3.8, 4) is 0 Å². The summed E-state index contributed by atoms with van der Waals surface area (Å²) in [6.07, 6.45) is 6.19. The second kappa shape index (κ2) is 6.58. The lowest BCUT2D eigenvalue weighted by molar-refractivity contribution is 0.0969. The molecule has 96 valence electrons. The van der Waals surface area contributed by atoms with E-state index in [1.54, 1.807) is 7.11 Å². The van der Waals surface area contributed by atoms with E-state index in [1.807, 2.05) is 0 Å². The predicted octanol–water partition coefficient (Wildman–Crippen LogP) is 2.00. The van der Waals surface area contributed by atoms with Gasteiger partial charge in [-0.15, -0.1) is 0 Å². The van der Waals surface area contributed by atoms with E-state index in [2.05, 4.69) is 18.7 Å². The van der Waals surface area contributed by atoms with Crippen molar-refractivity contribution in [1.29, 1.82) is 0 Å². The molecular weight excluding hydrogens is 200 g/mol. The fourth-order valence-corrected chi connectivity index (χ4v) is 2.73. The molecule has 0 aromatic rings. The summed E-state index contributed by atoms with van der Waals surface area (Å²) in [6, 6.07) is 0.500. The summed E-state index contributed by atoms with van der Waals surface area (Å²) in [7, 11) is 1.77. The molecule has 0 aromatic carbocycles. The largest absolute Gasteiger partial charge is 0.383 e. The van der Waals surface area contributed by atoms with Crippen LogP contribution in [0.4, 0.5) is 0 Å². The van der Waals surface area contributed by atoms with Crippen LogP contribution < -0.4 is 5.73 Å². The molecule has 0 aromatic heterocycles. The summed E-state index contributed by atoms with van der Waals surface area (Å²) in [6.45, 7) is 7.44. The average molecular weight is 228 g/mol. The molecular formula is C13H28N2O. The lowest BCUT2D eigenvalue weighted by Gasteiger charge is -2.31. The minimum Gasteiger partial charge on any atom is -0.383 e. The zero-order valence-electron chi connectivity index (χ0n) is 11.2. The quantitative estimate of drug-likeness (QED) is 0.724. The van der Waals surface area contributed by atoms with Gasteiger partial charge in [0.1, 0.15) is 0 Å². The molecule has 3 nitrogen and oxygen atoms in total. The molecule has 2 N–H and O–H groups in total. The fourth-order valence-electron chi connectivity index (χ4n) is 2.73. The van der Waals surface area contributed by atoms with Crippen molar-refractivity contribution >= 4 is 0 Å². The third kappa shape index (κ3) is 4.04. The fraction of sp³-hybridized carbons (Fsp3) is 1.00. The highest BCUT2D eigenvalue weighted by molar-refractivity contribution is 4.90. The van der Waals surface area contributed by atoms with Gasteiger partial charge in [0.05, 0.1) is 6.61 Å². The molecule has 0 heterocycles. The minimum absolute atomic E-state index is 0.125. The molecule has 0 saturated heterocycles. The molecule has 0 spiro atoms. The lowest BCUT2D eigenvalue weighted by Crippen LogP contribution is -2.43. The third-order valence-corrected chi connectivity index (χ3v) is 3.93. The van der Waals surface area contributed by atoms with E-state index >= 15 is 0 Å². The second-order valence-electron chi connectivity index (χ2n) is 5.25. The van der Waals surface area contributed by atoms with Crippen LogP contribution in [0.3, 0.4) is 0 Å². The predicted molar refractivity (Wildman–Crippen MR) is 68.6 cm³/mol. The Hall–Kier alpha value is -0.120. The molecule has 1 fully saturated rings. The highest BCUT2D eigenvalue weighted by Crippen LogP contribution is 2.30. The second-order valence-corrected chi connectivity index (χ2v) is 5.25. The van der Waals surface area contributed by atoms with Crippen LogP contribution in [0.2, 0.25) is 0 Å². The molecule has 1 rings (SSSR count). The molecule has 0 bridgehead atoms. The first kappa shape index (κ1) is 13.9. The van der Waals surface area contributed by atoms with Crippen LogP contribution >= 0.6 is 0 Å². The molecule has 3 heteroatoms. The van der Waals surface area contributed by atoms with E-state index in [0.29, 0.717) is 6.04 Å². The molecule has 0 aliphatic heterocycles. The highest BCUT2D eigenvalue weighted by atomic mass is 16.5. The summed E-state index contributed by atoms with van der Waals surface area (Å²) in [5.74, 6) is 0. The van der Waals surface area contributed by atoms with Crippen LogP contribution in [0.25, 0.3) is 0 Å². The SMILES string of the molecule is CCN(CCC1(N)CCCC1)C(C)COC. The number of likely N-dealkylation sites (N-methyl/N-ethyl adjacent to an activating group) is 1. The molecule has 16 heavy (non-hydrogen) atoms. The van der Waals surface area contributed by atoms with Gasteiger partial charge < -0.3 is 10.5 Å². The standard InChI is InChI=1S/C13H28N2O/c1-4-15(12(2)11-16-3)10-9-13(14)7-5-6-8-13/h12H,4-11,14H2,1-3H3. The van der Waals surface area contributed by atoms with Crippen LogP contribution in [0, 0.1) is 0 Å². The van der Waals surface area contributed by atoms with Gasteiger partial charge in [0.25, 0.3) is 0 Å². The number of nitrogens with zero attached hydrogens (tertiary/aromatic N) is 1. The number of rotatable bonds is 7. The number of methoxy groups -OCH3 is 1. The average Bonchev–Trinajstić information content (AvgIpc) is 2.67. The molecule has 1 atom stereocenters. The third-order valence-electron chi connectivity index (χ3n) is 3.93. The minimum atomic E-state index is 0.125. The van der Waals surface area contributed by atoms with Crippen LogP contribution in [0.15, 0.2) is 0 Å². The van der Waals surface area contributed by atoms with E-state index in [0.717, 1.165) is 26.1 Å². The van der Waals surface area contributed by atoms with Gasteiger partial charge >= 0.3 is 0 Å². The Bertz CT molecular complexity index is 190. The number of nitrogens with two attached hydrogens (primary N) is 1. The van der Waals surface area contributed by atoms with Crippen LogP contribution in [0.1, 0.15) is 46.0 Å². The maximum atomic E-state index is 6.38. The smallest absolute Gasteiger partial charge is 0.0615 e. The van der Waals surface area contributed by atoms with Gasteiger partial charge in [0.15, 0.2) is 0 Å². The highest BCUT2D eigenvalue weighted by Gasteiger charge is 2.29. The summed E-state index contributed by atoms with van der Waals surface area (Å²) < 4.78 is 5.21. The maximum Gasteiger partial charge on any atom is 0.0615 e. The molecule has 1 aliphatic carbocycles. The van der Waals surface area contributed by atoms with Crippen molar-refractivity contribution < 1.29 is 4.74 Å². The van der Waals surface area contributed by atoms with Crippen molar-refractivity contribution in [2.24, 2.45) is 5.73 Å². The number of hydrogen-bond acceptors (Lipinski definition) is 3. The topological polar surface area (TPSA) is 38.5 Å². The van der Waals surface area contributed by atoms with Gasteiger partial charge in [0.2, 0.25) is 0 Å². The Balaban J connectivity index is 2.32. The van der Waals surface area contributed by atoms with Gasteiger partial charge in [0, 0.05) is 25.2 Å². The molecule has 1 aliphatic rings. The van der Waals surface area contributed by atoms with Crippen LogP contribution in [-0.4, -0.2) is 43.3 Å². The van der Waals surface area contributed by atoms with Gasteiger partial charge in [-0.25, -0.2) is 0 Å². The first-order chi connectivity index (χ1) is 7.61. The van der Waals surface area contributed by atoms with E-state index < -0.39 is 0 Å². The normalized spacial score (nSPS) is 21.6. The van der Waals surface area contributed by atoms with E-state index in [9.17, 15) is 0 Å². The number of ether oxygens (including phenoxy) is 1. The first-order valence-electron chi connectivity index (χ1n) is 6.63. The van der Waals surface area contributed by atoms with Gasteiger partial charge in [-0.1, -0.05) is 19.8 Å². The molecule has 1 unspecified atom stereocenters. The maximum absolute atomic E-state index is 6.38. The zero-order chi connectivity index (χ0) is 12.0. The van der Waals surface area contributed by atoms with Crippen LogP contribution in [0.5, 0.6) is 0 Å². The van der Waals surface area contributed by atoms with Crippen molar-refractivity contribution in [3.63, 3.8) is 0 Å². The van der Waals surface area contributed by atoms with Crippen molar-refractivity contribution in [2.75, 3.05) is 26.8 Å². The number of hydrogen-bond donors (Lipinski definition) is 1. The monoisotopic (exact) mass is 228 g/mol. The Morgan fingerprint density at radius 1 is 1.38 bits per heavy atom. The lowest BCUT2D eigenvalue weighted by atomic mass is 9.94. The van der Waals surface area contributed by atoms with Crippen LogP contribution in [-0.2, 0) is 4.74 Å². The summed E-state index contributed by atoms with van der Waals surface area (Å²) >= 11 is 0. The van der Waals surface area contributed by atoms with Gasteiger partial charge in [-0.3, -0.25) is 4.90 Å². The zero-order valence-corrected chi connectivity index (χ0v) is 11.2. The Kier molecular flexibility index (Phi) is 5.73. The Morgan fingerprint density at radius 3 is 2.50 bits per heavy atom. The summed E-state index contributed by atoms with van der Waals surface area (Å²) in [5.41, 5.74) is 6.50. The Morgan fingerprint density at radius 2 is 2.00 bits per heavy atom. The summed E-state index contributed by atoms with van der Waals surface area (Å²) in [5, 5.41) is 0. The van der Waals surface area contributed by atoms with Crippen molar-refractivity contribution in [1.82, 2.24) is 4.90 Å². The van der Waals surface area contributed by atoms with Crippen molar-refractivity contribution in [2.45, 2.75) is 57.5 Å². The van der Waals surface area contributed by atoms with Gasteiger partial charge in [-0.05, 0) is 32.7 Å². The van der Waals surface area contributed by atoms with Crippen molar-refractivity contribution in [3.05, 3.63) is 0 Å².